The van der Waals surface area contributed by atoms with Gasteiger partial charge in [0.1, 0.15) is 6.10 Å². The summed E-state index contributed by atoms with van der Waals surface area (Å²) >= 11 is 0. The van der Waals surface area contributed by atoms with E-state index in [1.807, 2.05) is 0 Å². The third kappa shape index (κ3) is 3.39. The Balaban J connectivity index is 2.02. The van der Waals surface area contributed by atoms with Gasteiger partial charge in [-0.15, -0.1) is 0 Å². The SMILES string of the molecule is NC(=O)CC(O)C(O)c1cnc(N2CCCC2)nc1. The Kier molecular flexibility index (Phi) is 4.28. The average Bonchev–Trinajstić information content (AvgIpc) is 2.91. The Morgan fingerprint density at radius 1 is 1.32 bits per heavy atom. The lowest BCUT2D eigenvalue weighted by Crippen LogP contribution is -2.26. The summed E-state index contributed by atoms with van der Waals surface area (Å²) < 4.78 is 0. The Labute approximate surface area is 111 Å². The third-order valence-corrected chi connectivity index (χ3v) is 3.16. The Hall–Kier alpha value is -1.73. The molecule has 0 bridgehead atoms. The number of hydrogen-bond donors (Lipinski definition) is 3. The van der Waals surface area contributed by atoms with Crippen molar-refractivity contribution < 1.29 is 15.0 Å². The molecule has 1 aliphatic rings. The molecule has 2 rings (SSSR count). The first-order valence-corrected chi connectivity index (χ1v) is 6.29. The summed E-state index contributed by atoms with van der Waals surface area (Å²) in [5.41, 5.74) is 5.34. The van der Waals surface area contributed by atoms with E-state index in [4.69, 9.17) is 5.73 Å². The first-order chi connectivity index (χ1) is 9.08. The number of carbonyl (C=O) groups excluding carboxylic acids is 1. The molecule has 0 radical (unpaired) electrons. The van der Waals surface area contributed by atoms with E-state index in [1.165, 1.54) is 12.4 Å². The molecule has 1 amide bonds. The standard InChI is InChI=1S/C12H18N4O3/c13-10(18)5-9(17)11(19)8-6-14-12(15-7-8)16-3-1-2-4-16/h6-7,9,11,17,19H,1-5H2,(H2,13,18). The van der Waals surface area contributed by atoms with Gasteiger partial charge in [0.25, 0.3) is 0 Å². The van der Waals surface area contributed by atoms with Gasteiger partial charge >= 0.3 is 0 Å². The molecule has 2 heterocycles. The van der Waals surface area contributed by atoms with Gasteiger partial charge in [-0.3, -0.25) is 4.79 Å². The van der Waals surface area contributed by atoms with E-state index in [9.17, 15) is 15.0 Å². The van der Waals surface area contributed by atoms with Crippen LogP contribution in [-0.4, -0.2) is 45.3 Å². The Morgan fingerprint density at radius 2 is 1.89 bits per heavy atom. The van der Waals surface area contributed by atoms with Gasteiger partial charge in [-0.05, 0) is 12.8 Å². The van der Waals surface area contributed by atoms with Gasteiger partial charge < -0.3 is 20.8 Å². The van der Waals surface area contributed by atoms with Crippen molar-refractivity contribution in [3.05, 3.63) is 18.0 Å². The van der Waals surface area contributed by atoms with Crippen molar-refractivity contribution in [1.29, 1.82) is 0 Å². The quantitative estimate of drug-likeness (QED) is 0.652. The fraction of sp³-hybridized carbons (Fsp3) is 0.583. The lowest BCUT2D eigenvalue weighted by Gasteiger charge is -2.18. The summed E-state index contributed by atoms with van der Waals surface area (Å²) in [5, 5.41) is 19.4. The zero-order valence-electron chi connectivity index (χ0n) is 10.6. The molecule has 0 spiro atoms. The predicted octanol–water partition coefficient (Wildman–Crippen LogP) is -0.654. The molecule has 104 valence electrons. The maximum absolute atomic E-state index is 10.7. The van der Waals surface area contributed by atoms with Crippen LogP contribution in [0.1, 0.15) is 30.9 Å². The molecule has 2 unspecified atom stereocenters. The lowest BCUT2D eigenvalue weighted by molar-refractivity contribution is -0.121. The second-order valence-corrected chi connectivity index (χ2v) is 4.69. The van der Waals surface area contributed by atoms with Crippen molar-refractivity contribution in [2.75, 3.05) is 18.0 Å². The minimum atomic E-state index is -1.24. The van der Waals surface area contributed by atoms with Crippen LogP contribution in [0.5, 0.6) is 0 Å². The Bertz CT molecular complexity index is 431. The number of hydrogen-bond acceptors (Lipinski definition) is 6. The molecule has 7 heteroatoms. The number of aromatic nitrogens is 2. The molecule has 0 saturated carbocycles. The van der Waals surface area contributed by atoms with E-state index in [2.05, 4.69) is 14.9 Å². The van der Waals surface area contributed by atoms with Gasteiger partial charge in [0.05, 0.1) is 12.5 Å². The van der Waals surface area contributed by atoms with Crippen LogP contribution in [0, 0.1) is 0 Å². The number of aliphatic hydroxyl groups is 2. The highest BCUT2D eigenvalue weighted by molar-refractivity contribution is 5.74. The fourth-order valence-electron chi connectivity index (χ4n) is 2.10. The van der Waals surface area contributed by atoms with E-state index in [0.717, 1.165) is 25.9 Å². The minimum Gasteiger partial charge on any atom is -0.390 e. The highest BCUT2D eigenvalue weighted by Crippen LogP contribution is 2.20. The van der Waals surface area contributed by atoms with Crippen LogP contribution in [0.25, 0.3) is 0 Å². The van der Waals surface area contributed by atoms with E-state index in [1.54, 1.807) is 0 Å². The zero-order valence-corrected chi connectivity index (χ0v) is 10.6. The van der Waals surface area contributed by atoms with Crippen LogP contribution in [0.4, 0.5) is 5.95 Å². The van der Waals surface area contributed by atoms with Crippen LogP contribution in [0.3, 0.4) is 0 Å². The maximum atomic E-state index is 10.7. The molecule has 1 aromatic rings. The molecule has 1 aliphatic heterocycles. The van der Waals surface area contributed by atoms with Gasteiger partial charge in [0, 0.05) is 31.0 Å². The topological polar surface area (TPSA) is 113 Å². The van der Waals surface area contributed by atoms with Crippen LogP contribution in [0.15, 0.2) is 12.4 Å². The van der Waals surface area contributed by atoms with Gasteiger partial charge in [-0.25, -0.2) is 9.97 Å². The number of primary amides is 1. The summed E-state index contributed by atoms with van der Waals surface area (Å²) in [4.78, 5) is 21.1. The van der Waals surface area contributed by atoms with Crippen LogP contribution >= 0.6 is 0 Å². The van der Waals surface area contributed by atoms with E-state index in [-0.39, 0.29) is 6.42 Å². The van der Waals surface area contributed by atoms with Crippen LogP contribution < -0.4 is 10.6 Å². The number of rotatable bonds is 5. The van der Waals surface area contributed by atoms with Gasteiger partial charge in [-0.2, -0.15) is 0 Å². The summed E-state index contributed by atoms with van der Waals surface area (Å²) in [6.07, 6.45) is 2.45. The summed E-state index contributed by atoms with van der Waals surface area (Å²) in [5.74, 6) is -0.0426. The molecular formula is C12H18N4O3. The smallest absolute Gasteiger partial charge is 0.225 e. The van der Waals surface area contributed by atoms with Gasteiger partial charge in [0.2, 0.25) is 11.9 Å². The number of anilines is 1. The van der Waals surface area contributed by atoms with Crippen molar-refractivity contribution in [3.63, 3.8) is 0 Å². The number of aliphatic hydroxyl groups excluding tert-OH is 2. The van der Waals surface area contributed by atoms with Crippen LogP contribution in [0.2, 0.25) is 0 Å². The van der Waals surface area contributed by atoms with E-state index >= 15 is 0 Å². The summed E-state index contributed by atoms with van der Waals surface area (Å²) in [6.45, 7) is 1.87. The highest BCUT2D eigenvalue weighted by Gasteiger charge is 2.22. The summed E-state index contributed by atoms with van der Waals surface area (Å²) in [7, 11) is 0. The molecule has 1 fully saturated rings. The van der Waals surface area contributed by atoms with Crippen LogP contribution in [-0.2, 0) is 4.79 Å². The summed E-state index contributed by atoms with van der Waals surface area (Å²) in [6, 6.07) is 0. The molecule has 19 heavy (non-hydrogen) atoms. The molecule has 2 atom stereocenters. The first kappa shape index (κ1) is 13.7. The van der Waals surface area contributed by atoms with E-state index in [0.29, 0.717) is 11.5 Å². The number of amides is 1. The molecule has 0 aromatic carbocycles. The van der Waals surface area contributed by atoms with Crippen molar-refractivity contribution in [2.24, 2.45) is 5.73 Å². The number of nitrogens with zero attached hydrogens (tertiary/aromatic N) is 3. The molecular weight excluding hydrogens is 248 g/mol. The third-order valence-electron chi connectivity index (χ3n) is 3.16. The zero-order chi connectivity index (χ0) is 13.8. The van der Waals surface area contributed by atoms with Crippen molar-refractivity contribution in [1.82, 2.24) is 9.97 Å². The predicted molar refractivity (Wildman–Crippen MR) is 68.3 cm³/mol. The highest BCUT2D eigenvalue weighted by atomic mass is 16.3. The molecule has 0 aliphatic carbocycles. The molecule has 7 nitrogen and oxygen atoms in total. The van der Waals surface area contributed by atoms with Gasteiger partial charge in [-0.1, -0.05) is 0 Å². The lowest BCUT2D eigenvalue weighted by atomic mass is 10.1. The first-order valence-electron chi connectivity index (χ1n) is 6.29. The van der Waals surface area contributed by atoms with Crippen molar-refractivity contribution in [2.45, 2.75) is 31.5 Å². The second kappa shape index (κ2) is 5.94. The molecule has 4 N–H and O–H groups in total. The molecule has 1 saturated heterocycles. The normalized spacial score (nSPS) is 18.3. The fourth-order valence-corrected chi connectivity index (χ4v) is 2.10. The minimum absolute atomic E-state index is 0.297. The average molecular weight is 266 g/mol. The largest absolute Gasteiger partial charge is 0.390 e. The number of nitrogens with two attached hydrogens (primary N) is 1. The second-order valence-electron chi connectivity index (χ2n) is 4.69. The number of carbonyl (C=O) groups is 1. The van der Waals surface area contributed by atoms with Crippen molar-refractivity contribution >= 4 is 11.9 Å². The maximum Gasteiger partial charge on any atom is 0.225 e. The van der Waals surface area contributed by atoms with Gasteiger partial charge in [0.15, 0.2) is 0 Å². The van der Waals surface area contributed by atoms with Crippen molar-refractivity contribution in [3.8, 4) is 0 Å². The van der Waals surface area contributed by atoms with E-state index < -0.39 is 18.1 Å². The molecule has 1 aromatic heterocycles. The monoisotopic (exact) mass is 266 g/mol. The Morgan fingerprint density at radius 3 is 2.42 bits per heavy atom.